The average molecular weight is 276 g/mol. The van der Waals surface area contributed by atoms with Gasteiger partial charge < -0.3 is 14.4 Å². The Bertz CT molecular complexity index is 606. The molecule has 1 aliphatic heterocycles. The molecule has 0 saturated carbocycles. The minimum atomic E-state index is -0.0657. The molecule has 106 valence electrons. The largest absolute Gasteiger partial charge is 0.376 e. The number of carbonyl (C=O) groups is 1. The standard InChI is InChI=1S/C13H16N4O3/c1-17(7-10-8-19-4-5-20-10)13(18)9-2-3-11-12(6-9)15-16-14-11/h2-3,6,10H,4-5,7-8H2,1H3,(H,14,15,16)/t10-/m1/s1. The summed E-state index contributed by atoms with van der Waals surface area (Å²) in [6.45, 7) is 2.24. The topological polar surface area (TPSA) is 80.3 Å². The highest BCUT2D eigenvalue weighted by molar-refractivity contribution is 5.97. The van der Waals surface area contributed by atoms with Crippen molar-refractivity contribution < 1.29 is 14.3 Å². The zero-order valence-corrected chi connectivity index (χ0v) is 11.2. The maximum atomic E-state index is 12.4. The van der Waals surface area contributed by atoms with E-state index in [9.17, 15) is 4.79 Å². The van der Waals surface area contributed by atoms with Gasteiger partial charge in [-0.1, -0.05) is 0 Å². The van der Waals surface area contributed by atoms with Crippen LogP contribution in [-0.2, 0) is 9.47 Å². The van der Waals surface area contributed by atoms with Gasteiger partial charge in [0.25, 0.3) is 5.91 Å². The highest BCUT2D eigenvalue weighted by Crippen LogP contribution is 2.13. The molecule has 3 rings (SSSR count). The van der Waals surface area contributed by atoms with Crippen LogP contribution in [0.1, 0.15) is 10.4 Å². The molecule has 0 radical (unpaired) electrons. The first kappa shape index (κ1) is 13.0. The van der Waals surface area contributed by atoms with Gasteiger partial charge in [0, 0.05) is 19.2 Å². The Morgan fingerprint density at radius 3 is 3.05 bits per heavy atom. The van der Waals surface area contributed by atoms with E-state index in [1.807, 2.05) is 0 Å². The molecule has 7 heteroatoms. The quantitative estimate of drug-likeness (QED) is 0.880. The monoisotopic (exact) mass is 276 g/mol. The second-order valence-electron chi connectivity index (χ2n) is 4.78. The second-order valence-corrected chi connectivity index (χ2v) is 4.78. The third kappa shape index (κ3) is 2.63. The van der Waals surface area contributed by atoms with Crippen LogP contribution < -0.4 is 0 Å². The van der Waals surface area contributed by atoms with Gasteiger partial charge in [0.15, 0.2) is 0 Å². The lowest BCUT2D eigenvalue weighted by Crippen LogP contribution is -2.40. The number of benzene rings is 1. The third-order valence-electron chi connectivity index (χ3n) is 3.27. The summed E-state index contributed by atoms with van der Waals surface area (Å²) in [5.41, 5.74) is 2.01. The fourth-order valence-electron chi connectivity index (χ4n) is 2.22. The van der Waals surface area contributed by atoms with E-state index in [1.54, 1.807) is 30.1 Å². The third-order valence-corrected chi connectivity index (χ3v) is 3.27. The predicted molar refractivity (Wildman–Crippen MR) is 71.4 cm³/mol. The molecule has 7 nitrogen and oxygen atoms in total. The van der Waals surface area contributed by atoms with Crippen LogP contribution in [-0.4, -0.2) is 65.7 Å². The molecular weight excluding hydrogens is 260 g/mol. The molecule has 1 aromatic heterocycles. The van der Waals surface area contributed by atoms with E-state index in [0.717, 1.165) is 5.52 Å². The number of aromatic nitrogens is 3. The molecule has 2 aromatic rings. The SMILES string of the molecule is CN(C[C@@H]1COCCO1)C(=O)c1ccc2n[nH]nc2c1. The average Bonchev–Trinajstić information content (AvgIpc) is 2.94. The number of rotatable bonds is 3. The summed E-state index contributed by atoms with van der Waals surface area (Å²) in [5.74, 6) is -0.0657. The zero-order chi connectivity index (χ0) is 13.9. The molecule has 2 heterocycles. The Kier molecular flexibility index (Phi) is 3.62. The molecule has 0 spiro atoms. The molecule has 0 aliphatic carbocycles. The van der Waals surface area contributed by atoms with Gasteiger partial charge >= 0.3 is 0 Å². The van der Waals surface area contributed by atoms with Crippen LogP contribution in [0.4, 0.5) is 0 Å². The molecule has 0 unspecified atom stereocenters. The molecule has 0 bridgehead atoms. The van der Waals surface area contributed by atoms with Crippen molar-refractivity contribution in [2.24, 2.45) is 0 Å². The van der Waals surface area contributed by atoms with Crippen molar-refractivity contribution in [1.29, 1.82) is 0 Å². The number of ether oxygens (including phenoxy) is 2. The van der Waals surface area contributed by atoms with Gasteiger partial charge in [0.1, 0.15) is 11.0 Å². The van der Waals surface area contributed by atoms with Gasteiger partial charge in [-0.05, 0) is 18.2 Å². The van der Waals surface area contributed by atoms with E-state index >= 15 is 0 Å². The number of nitrogens with zero attached hydrogens (tertiary/aromatic N) is 3. The Hall–Kier alpha value is -1.99. The van der Waals surface area contributed by atoms with Crippen molar-refractivity contribution in [2.75, 3.05) is 33.4 Å². The number of hydrogen-bond acceptors (Lipinski definition) is 5. The van der Waals surface area contributed by atoms with Crippen molar-refractivity contribution in [2.45, 2.75) is 6.10 Å². The Labute approximate surface area is 115 Å². The maximum absolute atomic E-state index is 12.4. The number of likely N-dealkylation sites (N-methyl/N-ethyl adjacent to an activating group) is 1. The van der Waals surface area contributed by atoms with Gasteiger partial charge in [-0.25, -0.2) is 0 Å². The first-order valence-corrected chi connectivity index (χ1v) is 6.49. The number of fused-ring (bicyclic) bond motifs is 1. The molecular formula is C13H16N4O3. The zero-order valence-electron chi connectivity index (χ0n) is 11.2. The van der Waals surface area contributed by atoms with E-state index in [1.165, 1.54) is 0 Å². The van der Waals surface area contributed by atoms with E-state index < -0.39 is 0 Å². The predicted octanol–water partition coefficient (Wildman–Crippen LogP) is 0.445. The minimum absolute atomic E-state index is 0.0616. The number of carbonyl (C=O) groups excluding carboxylic acids is 1. The first-order valence-electron chi connectivity index (χ1n) is 6.49. The summed E-state index contributed by atoms with van der Waals surface area (Å²) in [6.07, 6.45) is -0.0616. The van der Waals surface area contributed by atoms with Crippen molar-refractivity contribution in [1.82, 2.24) is 20.3 Å². The van der Waals surface area contributed by atoms with Gasteiger partial charge in [-0.2, -0.15) is 15.4 Å². The molecule has 1 amide bonds. The summed E-state index contributed by atoms with van der Waals surface area (Å²) in [6, 6.07) is 5.26. The highest BCUT2D eigenvalue weighted by atomic mass is 16.6. The molecule has 20 heavy (non-hydrogen) atoms. The maximum Gasteiger partial charge on any atom is 0.253 e. The fraction of sp³-hybridized carbons (Fsp3) is 0.462. The molecule has 1 aromatic carbocycles. The van der Waals surface area contributed by atoms with E-state index in [-0.39, 0.29) is 12.0 Å². The van der Waals surface area contributed by atoms with E-state index in [0.29, 0.717) is 37.4 Å². The molecule has 1 N–H and O–H groups in total. The fourth-order valence-corrected chi connectivity index (χ4v) is 2.22. The number of amides is 1. The van der Waals surface area contributed by atoms with Crippen LogP contribution in [0.25, 0.3) is 11.0 Å². The summed E-state index contributed by atoms with van der Waals surface area (Å²) in [7, 11) is 1.76. The number of nitrogens with one attached hydrogen (secondary N) is 1. The molecule has 1 fully saturated rings. The Balaban J connectivity index is 1.70. The smallest absolute Gasteiger partial charge is 0.253 e. The number of hydrogen-bond donors (Lipinski definition) is 1. The summed E-state index contributed by atoms with van der Waals surface area (Å²) in [5, 5.41) is 10.5. The minimum Gasteiger partial charge on any atom is -0.376 e. The van der Waals surface area contributed by atoms with Gasteiger partial charge in [-0.15, -0.1) is 0 Å². The highest BCUT2D eigenvalue weighted by Gasteiger charge is 2.20. The number of aromatic amines is 1. The van der Waals surface area contributed by atoms with E-state index in [4.69, 9.17) is 9.47 Å². The van der Waals surface area contributed by atoms with Crippen molar-refractivity contribution in [3.05, 3.63) is 23.8 Å². The lowest BCUT2D eigenvalue weighted by Gasteiger charge is -2.27. The molecule has 1 atom stereocenters. The summed E-state index contributed by atoms with van der Waals surface area (Å²) < 4.78 is 10.9. The second kappa shape index (κ2) is 5.56. The van der Waals surface area contributed by atoms with Crippen LogP contribution in [0.5, 0.6) is 0 Å². The van der Waals surface area contributed by atoms with Crippen LogP contribution in [0.2, 0.25) is 0 Å². The van der Waals surface area contributed by atoms with Crippen LogP contribution in [0.15, 0.2) is 18.2 Å². The van der Waals surface area contributed by atoms with Crippen LogP contribution in [0, 0.1) is 0 Å². The first-order chi connectivity index (χ1) is 9.74. The van der Waals surface area contributed by atoms with Gasteiger partial charge in [0.2, 0.25) is 0 Å². The van der Waals surface area contributed by atoms with Gasteiger partial charge in [-0.3, -0.25) is 4.79 Å². The normalized spacial score (nSPS) is 19.1. The molecule has 1 aliphatic rings. The van der Waals surface area contributed by atoms with Gasteiger partial charge in [0.05, 0.1) is 25.9 Å². The molecule has 1 saturated heterocycles. The van der Waals surface area contributed by atoms with Crippen molar-refractivity contribution in [3.8, 4) is 0 Å². The lowest BCUT2D eigenvalue weighted by atomic mass is 10.1. The lowest BCUT2D eigenvalue weighted by molar-refractivity contribution is -0.0933. The van der Waals surface area contributed by atoms with Crippen molar-refractivity contribution >= 4 is 16.9 Å². The van der Waals surface area contributed by atoms with Crippen LogP contribution in [0.3, 0.4) is 0 Å². The van der Waals surface area contributed by atoms with Crippen LogP contribution >= 0.6 is 0 Å². The number of H-pyrrole nitrogens is 1. The van der Waals surface area contributed by atoms with E-state index in [2.05, 4.69) is 15.4 Å². The summed E-state index contributed by atoms with van der Waals surface area (Å²) >= 11 is 0. The summed E-state index contributed by atoms with van der Waals surface area (Å²) in [4.78, 5) is 14.0. The Morgan fingerprint density at radius 1 is 1.40 bits per heavy atom. The Morgan fingerprint density at radius 2 is 2.25 bits per heavy atom. The van der Waals surface area contributed by atoms with Crippen molar-refractivity contribution in [3.63, 3.8) is 0 Å².